The summed E-state index contributed by atoms with van der Waals surface area (Å²) < 4.78 is 20.8. The fourth-order valence-electron chi connectivity index (χ4n) is 8.08. The molecule has 3 aromatic rings. The number of alkyl halides is 1. The van der Waals surface area contributed by atoms with Crippen LogP contribution in [0.25, 0.3) is 10.8 Å². The number of halogens is 2. The molecule has 2 unspecified atom stereocenters. The van der Waals surface area contributed by atoms with Gasteiger partial charge in [0.25, 0.3) is 0 Å². The summed E-state index contributed by atoms with van der Waals surface area (Å²) in [5, 5.41) is 6.74. The first-order valence-corrected chi connectivity index (χ1v) is 15.3. The standard InChI is InChI=1S/C31H36ClFN6O/c32-25-6-1-4-20-5-2-7-27(28(20)25)37-13-10-24-26(18-37)35-30(36-29(24)38-16-22-8-9-23(17-38)34-22)40-19-31-11-3-12-39(31)15-21(33)14-31/h1-2,4-7,21-23,34H,3,8-19H2/t21?,22-,23+,31?. The Morgan fingerprint density at radius 3 is 2.70 bits per heavy atom. The Bertz CT molecular complexity index is 1440. The van der Waals surface area contributed by atoms with E-state index in [4.69, 9.17) is 26.3 Å². The molecule has 7 nitrogen and oxygen atoms in total. The Balaban J connectivity index is 1.14. The molecule has 4 atom stereocenters. The number of piperazine rings is 1. The molecule has 0 aliphatic carbocycles. The number of fused-ring (bicyclic) bond motifs is 5. The number of hydrogen-bond acceptors (Lipinski definition) is 7. The summed E-state index contributed by atoms with van der Waals surface area (Å²) in [7, 11) is 0. The monoisotopic (exact) mass is 562 g/mol. The molecule has 4 fully saturated rings. The molecule has 6 heterocycles. The quantitative estimate of drug-likeness (QED) is 0.482. The number of nitrogens with zero attached hydrogens (tertiary/aromatic N) is 5. The maximum Gasteiger partial charge on any atom is 0.318 e. The maximum atomic E-state index is 14.4. The van der Waals surface area contributed by atoms with E-state index in [1.54, 1.807) is 0 Å². The molecule has 5 aliphatic heterocycles. The Morgan fingerprint density at radius 1 is 1.02 bits per heavy atom. The Labute approximate surface area is 239 Å². The van der Waals surface area contributed by atoms with Gasteiger partial charge in [-0.2, -0.15) is 9.97 Å². The third kappa shape index (κ3) is 4.22. The van der Waals surface area contributed by atoms with Crippen molar-refractivity contribution in [2.45, 2.75) is 68.9 Å². The van der Waals surface area contributed by atoms with Crippen LogP contribution in [0.5, 0.6) is 6.01 Å². The first-order chi connectivity index (χ1) is 19.5. The number of rotatable bonds is 5. The number of ether oxygens (including phenoxy) is 1. The molecule has 8 rings (SSSR count). The van der Waals surface area contributed by atoms with Gasteiger partial charge in [-0.05, 0) is 56.2 Å². The first kappa shape index (κ1) is 25.1. The summed E-state index contributed by atoms with van der Waals surface area (Å²) >= 11 is 6.71. The molecule has 1 N–H and O–H groups in total. The average molecular weight is 563 g/mol. The number of benzene rings is 2. The molecule has 0 spiro atoms. The molecule has 2 bridgehead atoms. The lowest BCUT2D eigenvalue weighted by molar-refractivity contribution is 0.107. The second-order valence-electron chi connectivity index (χ2n) is 12.4. The highest BCUT2D eigenvalue weighted by atomic mass is 35.5. The van der Waals surface area contributed by atoms with Crippen LogP contribution in [0.2, 0.25) is 5.02 Å². The van der Waals surface area contributed by atoms with Gasteiger partial charge in [0.15, 0.2) is 0 Å². The molecular weight excluding hydrogens is 527 g/mol. The predicted octanol–water partition coefficient (Wildman–Crippen LogP) is 4.74. The SMILES string of the molecule is FC1CN2CCCC2(COc2nc3c(c(N4C[C@H]5CC[C@@H](C4)N5)n2)CCN(c2cccc4cccc(Cl)c24)C3)C1. The van der Waals surface area contributed by atoms with E-state index in [1.165, 1.54) is 18.4 Å². The smallest absolute Gasteiger partial charge is 0.318 e. The number of anilines is 2. The number of nitrogens with one attached hydrogen (secondary N) is 1. The van der Waals surface area contributed by atoms with Gasteiger partial charge < -0.3 is 19.9 Å². The summed E-state index contributed by atoms with van der Waals surface area (Å²) in [6, 6.07) is 13.9. The van der Waals surface area contributed by atoms with E-state index in [2.05, 4.69) is 44.3 Å². The molecule has 2 aromatic carbocycles. The van der Waals surface area contributed by atoms with Gasteiger partial charge in [-0.3, -0.25) is 4.90 Å². The minimum Gasteiger partial charge on any atom is -0.461 e. The van der Waals surface area contributed by atoms with Crippen LogP contribution in [-0.4, -0.2) is 78.0 Å². The van der Waals surface area contributed by atoms with Crippen LogP contribution in [0.15, 0.2) is 36.4 Å². The maximum absolute atomic E-state index is 14.4. The lowest BCUT2D eigenvalue weighted by Crippen LogP contribution is -2.52. The zero-order chi connectivity index (χ0) is 26.8. The summed E-state index contributed by atoms with van der Waals surface area (Å²) in [5.41, 5.74) is 3.18. The minimum atomic E-state index is -0.777. The molecule has 9 heteroatoms. The zero-order valence-electron chi connectivity index (χ0n) is 22.8. The zero-order valence-corrected chi connectivity index (χ0v) is 23.5. The van der Waals surface area contributed by atoms with E-state index in [9.17, 15) is 4.39 Å². The van der Waals surface area contributed by atoms with Crippen molar-refractivity contribution < 1.29 is 9.13 Å². The van der Waals surface area contributed by atoms with Crippen molar-refractivity contribution in [1.82, 2.24) is 20.2 Å². The van der Waals surface area contributed by atoms with Crippen molar-refractivity contribution in [1.29, 1.82) is 0 Å². The van der Waals surface area contributed by atoms with Crippen molar-refractivity contribution in [3.05, 3.63) is 52.7 Å². The normalized spacial score (nSPS) is 29.7. The summed E-state index contributed by atoms with van der Waals surface area (Å²) in [6.07, 6.45) is 5.14. The van der Waals surface area contributed by atoms with Crippen LogP contribution < -0.4 is 19.9 Å². The Morgan fingerprint density at radius 2 is 1.85 bits per heavy atom. The van der Waals surface area contributed by atoms with Crippen LogP contribution in [0, 0.1) is 0 Å². The van der Waals surface area contributed by atoms with Crippen molar-refractivity contribution in [2.75, 3.05) is 49.1 Å². The van der Waals surface area contributed by atoms with E-state index in [0.717, 1.165) is 78.4 Å². The van der Waals surface area contributed by atoms with Gasteiger partial charge in [-0.25, -0.2) is 4.39 Å². The lowest BCUT2D eigenvalue weighted by atomic mass is 9.95. The van der Waals surface area contributed by atoms with Crippen LogP contribution in [0.1, 0.15) is 43.4 Å². The van der Waals surface area contributed by atoms with Crippen LogP contribution in [0.4, 0.5) is 15.9 Å². The number of hydrogen-bond donors (Lipinski definition) is 1. The van der Waals surface area contributed by atoms with Crippen LogP contribution in [0.3, 0.4) is 0 Å². The van der Waals surface area contributed by atoms with Crippen molar-refractivity contribution in [2.24, 2.45) is 0 Å². The van der Waals surface area contributed by atoms with Gasteiger partial charge >= 0.3 is 6.01 Å². The predicted molar refractivity (Wildman–Crippen MR) is 156 cm³/mol. The Hall–Kier alpha value is -2.68. The van der Waals surface area contributed by atoms with Gasteiger partial charge in [-0.1, -0.05) is 35.9 Å². The third-order valence-corrected chi connectivity index (χ3v) is 10.3. The number of aromatic nitrogens is 2. The molecule has 0 radical (unpaired) electrons. The summed E-state index contributed by atoms with van der Waals surface area (Å²) in [4.78, 5) is 17.2. The fourth-order valence-corrected chi connectivity index (χ4v) is 8.36. The van der Waals surface area contributed by atoms with Crippen molar-refractivity contribution in [3.8, 4) is 6.01 Å². The van der Waals surface area contributed by atoms with E-state index in [-0.39, 0.29) is 5.54 Å². The van der Waals surface area contributed by atoms with Crippen molar-refractivity contribution >= 4 is 33.9 Å². The molecule has 1 aromatic heterocycles. The topological polar surface area (TPSA) is 56.8 Å². The van der Waals surface area contributed by atoms with Gasteiger partial charge in [-0.15, -0.1) is 0 Å². The molecule has 4 saturated heterocycles. The third-order valence-electron chi connectivity index (χ3n) is 9.94. The molecule has 0 saturated carbocycles. The van der Waals surface area contributed by atoms with E-state index < -0.39 is 6.17 Å². The highest BCUT2D eigenvalue weighted by Crippen LogP contribution is 2.41. The second-order valence-corrected chi connectivity index (χ2v) is 12.9. The first-order valence-electron chi connectivity index (χ1n) is 14.9. The minimum absolute atomic E-state index is 0.223. The van der Waals surface area contributed by atoms with Crippen LogP contribution in [-0.2, 0) is 13.0 Å². The molecular formula is C31H36ClFN6O. The molecule has 210 valence electrons. The lowest BCUT2D eigenvalue weighted by Gasteiger charge is -2.38. The van der Waals surface area contributed by atoms with E-state index in [1.807, 2.05) is 12.1 Å². The summed E-state index contributed by atoms with van der Waals surface area (Å²) in [6.45, 7) is 5.39. The molecule has 5 aliphatic rings. The van der Waals surface area contributed by atoms with Gasteiger partial charge in [0.05, 0.1) is 22.8 Å². The highest BCUT2D eigenvalue weighted by Gasteiger charge is 2.49. The van der Waals surface area contributed by atoms with Gasteiger partial charge in [0.2, 0.25) is 0 Å². The van der Waals surface area contributed by atoms with Crippen LogP contribution >= 0.6 is 11.6 Å². The highest BCUT2D eigenvalue weighted by molar-refractivity contribution is 6.36. The van der Waals surface area contributed by atoms with Crippen molar-refractivity contribution in [3.63, 3.8) is 0 Å². The average Bonchev–Trinajstić information content (AvgIpc) is 3.61. The fraction of sp³-hybridized carbons (Fsp3) is 0.548. The largest absolute Gasteiger partial charge is 0.461 e. The molecule has 0 amide bonds. The van der Waals surface area contributed by atoms with Gasteiger partial charge in [0, 0.05) is 61.3 Å². The Kier molecular flexibility index (Phi) is 6.08. The summed E-state index contributed by atoms with van der Waals surface area (Å²) in [5.74, 6) is 1.03. The van der Waals surface area contributed by atoms with E-state index in [0.29, 0.717) is 44.2 Å². The van der Waals surface area contributed by atoms with E-state index >= 15 is 0 Å². The van der Waals surface area contributed by atoms with Gasteiger partial charge in [0.1, 0.15) is 18.6 Å². The second kappa shape index (κ2) is 9.71. The molecule has 40 heavy (non-hydrogen) atoms.